The van der Waals surface area contributed by atoms with Crippen LogP contribution in [0.3, 0.4) is 0 Å². The molecule has 0 amide bonds. The fourth-order valence-corrected chi connectivity index (χ4v) is 3.46. The number of likely N-dealkylation sites (N-methyl/N-ethyl adjacent to an activating group) is 1. The molecule has 1 fully saturated rings. The second kappa shape index (κ2) is 7.49. The summed E-state index contributed by atoms with van der Waals surface area (Å²) in [6, 6.07) is 17.9. The lowest BCUT2D eigenvalue weighted by Crippen LogP contribution is -2.37. The fourth-order valence-electron chi connectivity index (χ4n) is 3.46. The first-order valence-corrected chi connectivity index (χ1v) is 8.44. The minimum atomic E-state index is -0.720. The lowest BCUT2D eigenvalue weighted by Gasteiger charge is -2.27. The van der Waals surface area contributed by atoms with Gasteiger partial charge in [0.2, 0.25) is 0 Å². The minimum absolute atomic E-state index is 0.180. The second-order valence-corrected chi connectivity index (χ2v) is 6.12. The molecule has 4 heteroatoms. The highest BCUT2D eigenvalue weighted by atomic mass is 16.5. The van der Waals surface area contributed by atoms with Crippen LogP contribution in [0.2, 0.25) is 0 Å². The number of hydrogen-bond acceptors (Lipinski definition) is 3. The summed E-state index contributed by atoms with van der Waals surface area (Å²) < 4.78 is 5.81. The van der Waals surface area contributed by atoms with Crippen molar-refractivity contribution < 1.29 is 14.6 Å². The third-order valence-corrected chi connectivity index (χ3v) is 4.68. The Balaban J connectivity index is 1.65. The van der Waals surface area contributed by atoms with Gasteiger partial charge in [0.25, 0.3) is 0 Å². The molecule has 0 aromatic heterocycles. The Bertz CT molecular complexity index is 669. The van der Waals surface area contributed by atoms with Crippen molar-refractivity contribution >= 4 is 5.97 Å². The van der Waals surface area contributed by atoms with Gasteiger partial charge in [-0.05, 0) is 42.6 Å². The number of benzene rings is 2. The van der Waals surface area contributed by atoms with Gasteiger partial charge in [-0.15, -0.1) is 0 Å². The third kappa shape index (κ3) is 3.60. The lowest BCUT2D eigenvalue weighted by molar-refractivity contribution is -0.142. The van der Waals surface area contributed by atoms with Gasteiger partial charge < -0.3 is 9.84 Å². The minimum Gasteiger partial charge on any atom is -0.489 e. The smallest absolute Gasteiger partial charge is 0.320 e. The highest BCUT2D eigenvalue weighted by Gasteiger charge is 2.37. The van der Waals surface area contributed by atoms with E-state index in [0.717, 1.165) is 29.8 Å². The molecule has 0 unspecified atom stereocenters. The van der Waals surface area contributed by atoms with Crippen LogP contribution in [-0.2, 0) is 11.4 Å². The highest BCUT2D eigenvalue weighted by Crippen LogP contribution is 2.36. The van der Waals surface area contributed by atoms with E-state index in [2.05, 4.69) is 17.0 Å². The van der Waals surface area contributed by atoms with E-state index < -0.39 is 5.97 Å². The van der Waals surface area contributed by atoms with E-state index in [9.17, 15) is 9.90 Å². The molecule has 1 aliphatic rings. The summed E-state index contributed by atoms with van der Waals surface area (Å²) in [6.45, 7) is 3.31. The van der Waals surface area contributed by atoms with E-state index in [1.54, 1.807) is 0 Å². The Kier molecular flexibility index (Phi) is 5.16. The van der Waals surface area contributed by atoms with Crippen LogP contribution in [0.5, 0.6) is 5.75 Å². The first kappa shape index (κ1) is 16.5. The zero-order valence-electron chi connectivity index (χ0n) is 13.9. The number of carboxylic acid groups (broad SMARTS) is 1. The average Bonchev–Trinajstić information content (AvgIpc) is 3.05. The fraction of sp³-hybridized carbons (Fsp3) is 0.350. The summed E-state index contributed by atoms with van der Waals surface area (Å²) in [7, 11) is 0. The number of rotatable bonds is 6. The molecule has 3 rings (SSSR count). The zero-order valence-corrected chi connectivity index (χ0v) is 13.9. The number of ether oxygens (including phenoxy) is 1. The van der Waals surface area contributed by atoms with Crippen LogP contribution >= 0.6 is 0 Å². The Morgan fingerprint density at radius 3 is 2.46 bits per heavy atom. The van der Waals surface area contributed by atoms with Crippen LogP contribution < -0.4 is 4.74 Å². The number of carbonyl (C=O) groups is 1. The first-order valence-electron chi connectivity index (χ1n) is 8.44. The quantitative estimate of drug-likeness (QED) is 0.876. The highest BCUT2D eigenvalue weighted by molar-refractivity contribution is 5.74. The van der Waals surface area contributed by atoms with E-state index in [-0.39, 0.29) is 12.1 Å². The second-order valence-electron chi connectivity index (χ2n) is 6.12. The molecule has 1 N–H and O–H groups in total. The van der Waals surface area contributed by atoms with Crippen molar-refractivity contribution in [2.75, 3.05) is 6.54 Å². The molecule has 126 valence electrons. The van der Waals surface area contributed by atoms with Gasteiger partial charge in [0.05, 0.1) is 0 Å². The normalized spacial score (nSPS) is 20.9. The van der Waals surface area contributed by atoms with Crippen molar-refractivity contribution in [2.24, 2.45) is 0 Å². The summed E-state index contributed by atoms with van der Waals surface area (Å²) in [5, 5.41) is 9.34. The van der Waals surface area contributed by atoms with E-state index in [0.29, 0.717) is 13.0 Å². The van der Waals surface area contributed by atoms with E-state index >= 15 is 0 Å². The molecule has 2 aromatic carbocycles. The molecule has 2 atom stereocenters. The van der Waals surface area contributed by atoms with Gasteiger partial charge in [0, 0.05) is 6.04 Å². The first-order chi connectivity index (χ1) is 11.7. The Morgan fingerprint density at radius 2 is 1.83 bits per heavy atom. The molecule has 0 bridgehead atoms. The van der Waals surface area contributed by atoms with Crippen molar-refractivity contribution in [3.8, 4) is 5.75 Å². The zero-order chi connectivity index (χ0) is 16.9. The molecule has 0 aliphatic carbocycles. The lowest BCUT2D eigenvalue weighted by atomic mass is 10.0. The standard InChI is InChI=1S/C20H23NO3/c1-2-21-18(12-13-19(21)20(22)23)16-8-10-17(11-9-16)24-14-15-6-4-3-5-7-15/h3-11,18-19H,2,12-14H2,1H3,(H,22,23)/t18-,19+/m0/s1. The molecule has 0 saturated carbocycles. The van der Waals surface area contributed by atoms with Gasteiger partial charge in [-0.25, -0.2) is 0 Å². The maximum Gasteiger partial charge on any atom is 0.320 e. The van der Waals surface area contributed by atoms with Gasteiger partial charge in [0.15, 0.2) is 0 Å². The molecular weight excluding hydrogens is 302 g/mol. The average molecular weight is 325 g/mol. The van der Waals surface area contributed by atoms with E-state index in [1.165, 1.54) is 0 Å². The van der Waals surface area contributed by atoms with Crippen LogP contribution in [0.25, 0.3) is 0 Å². The third-order valence-electron chi connectivity index (χ3n) is 4.68. The number of hydrogen-bond donors (Lipinski definition) is 1. The van der Waals surface area contributed by atoms with Crippen molar-refractivity contribution in [2.45, 2.75) is 38.5 Å². The molecule has 24 heavy (non-hydrogen) atoms. The van der Waals surface area contributed by atoms with Gasteiger partial charge >= 0.3 is 5.97 Å². The largest absolute Gasteiger partial charge is 0.489 e. The van der Waals surface area contributed by atoms with Crippen molar-refractivity contribution in [3.63, 3.8) is 0 Å². The SMILES string of the molecule is CCN1[C@@H](C(=O)O)CC[C@H]1c1ccc(OCc2ccccc2)cc1. The molecule has 1 saturated heterocycles. The van der Waals surface area contributed by atoms with E-state index in [1.807, 2.05) is 49.4 Å². The predicted octanol–water partition coefficient (Wildman–Crippen LogP) is 3.88. The van der Waals surface area contributed by atoms with E-state index in [4.69, 9.17) is 4.74 Å². The number of carboxylic acids is 1. The maximum atomic E-state index is 11.4. The summed E-state index contributed by atoms with van der Waals surface area (Å²) in [6.07, 6.45) is 1.59. The number of nitrogens with zero attached hydrogens (tertiary/aromatic N) is 1. The molecule has 1 aliphatic heterocycles. The van der Waals surface area contributed by atoms with Crippen LogP contribution in [-0.4, -0.2) is 28.6 Å². The Hall–Kier alpha value is -2.33. The number of likely N-dealkylation sites (tertiary alicyclic amines) is 1. The van der Waals surface area contributed by atoms with Crippen LogP contribution in [0, 0.1) is 0 Å². The monoisotopic (exact) mass is 325 g/mol. The van der Waals surface area contributed by atoms with Gasteiger partial charge in [-0.3, -0.25) is 9.69 Å². The molecule has 4 nitrogen and oxygen atoms in total. The number of aliphatic carboxylic acids is 1. The van der Waals surface area contributed by atoms with Gasteiger partial charge in [0.1, 0.15) is 18.4 Å². The van der Waals surface area contributed by atoms with Crippen LogP contribution in [0.15, 0.2) is 54.6 Å². The summed E-state index contributed by atoms with van der Waals surface area (Å²) >= 11 is 0. The molecule has 0 radical (unpaired) electrons. The van der Waals surface area contributed by atoms with Gasteiger partial charge in [-0.2, -0.15) is 0 Å². The molecule has 1 heterocycles. The Morgan fingerprint density at radius 1 is 1.12 bits per heavy atom. The van der Waals surface area contributed by atoms with Crippen molar-refractivity contribution in [1.29, 1.82) is 0 Å². The van der Waals surface area contributed by atoms with Gasteiger partial charge in [-0.1, -0.05) is 49.4 Å². The predicted molar refractivity (Wildman–Crippen MR) is 93.0 cm³/mol. The summed E-state index contributed by atoms with van der Waals surface area (Å²) in [5.41, 5.74) is 2.30. The maximum absolute atomic E-state index is 11.4. The molecule has 2 aromatic rings. The van der Waals surface area contributed by atoms with Crippen molar-refractivity contribution in [1.82, 2.24) is 4.90 Å². The summed E-state index contributed by atoms with van der Waals surface area (Å²) in [5.74, 6) is 0.112. The Labute approximate surface area is 142 Å². The van der Waals surface area contributed by atoms with Crippen molar-refractivity contribution in [3.05, 3.63) is 65.7 Å². The van der Waals surface area contributed by atoms with Crippen LogP contribution in [0.4, 0.5) is 0 Å². The molecule has 0 spiro atoms. The van der Waals surface area contributed by atoms with Crippen LogP contribution in [0.1, 0.15) is 36.9 Å². The molecular formula is C20H23NO3. The summed E-state index contributed by atoms with van der Waals surface area (Å²) in [4.78, 5) is 13.4. The topological polar surface area (TPSA) is 49.8 Å².